The number of nitrogens with two attached hydrogens (primary N) is 1. The molecule has 38 heavy (non-hydrogen) atoms. The summed E-state index contributed by atoms with van der Waals surface area (Å²) >= 11 is 3.63. The highest BCUT2D eigenvalue weighted by Crippen LogP contribution is 2.44. The molecular weight excluding hydrogens is 587 g/mol. The first-order valence-corrected chi connectivity index (χ1v) is 12.5. The predicted molar refractivity (Wildman–Crippen MR) is 161 cm³/mol. The van der Waals surface area contributed by atoms with E-state index in [0.29, 0.717) is 24.7 Å². The van der Waals surface area contributed by atoms with E-state index in [-0.39, 0.29) is 24.8 Å². The molecule has 0 atom stereocenters. The van der Waals surface area contributed by atoms with Crippen molar-refractivity contribution in [3.05, 3.63) is 83.7 Å². The number of ether oxygens (including phenoxy) is 1. The zero-order valence-corrected chi connectivity index (χ0v) is 23.5. The second-order valence-electron chi connectivity index (χ2n) is 8.55. The molecule has 5 aromatic rings. The minimum absolute atomic E-state index is 0. The van der Waals surface area contributed by atoms with E-state index in [1.165, 1.54) is 6.33 Å². The minimum atomic E-state index is 0. The van der Waals surface area contributed by atoms with E-state index < -0.39 is 0 Å². The molecule has 3 aromatic heterocycles. The summed E-state index contributed by atoms with van der Waals surface area (Å²) in [6.45, 7) is 3.09. The van der Waals surface area contributed by atoms with Gasteiger partial charge in [-0.2, -0.15) is 0 Å². The van der Waals surface area contributed by atoms with E-state index in [4.69, 9.17) is 20.4 Å². The fourth-order valence-electron chi connectivity index (χ4n) is 4.65. The van der Waals surface area contributed by atoms with Crippen molar-refractivity contribution in [3.8, 4) is 33.5 Å². The Morgan fingerprint density at radius 2 is 1.55 bits per heavy atom. The molecule has 0 unspecified atom stereocenters. The molecule has 2 aromatic carbocycles. The Kier molecular flexibility index (Phi) is 8.79. The van der Waals surface area contributed by atoms with E-state index in [2.05, 4.69) is 67.2 Å². The van der Waals surface area contributed by atoms with Crippen LogP contribution < -0.4 is 10.6 Å². The molecule has 0 spiro atoms. The first kappa shape index (κ1) is 27.7. The molecule has 6 rings (SSSR count). The van der Waals surface area contributed by atoms with Gasteiger partial charge in [0.15, 0.2) is 5.65 Å². The van der Waals surface area contributed by atoms with Crippen molar-refractivity contribution in [2.24, 2.45) is 0 Å². The van der Waals surface area contributed by atoms with Gasteiger partial charge in [0.05, 0.1) is 24.3 Å². The molecule has 1 saturated heterocycles. The lowest BCUT2D eigenvalue weighted by Crippen LogP contribution is -2.36. The Labute approximate surface area is 241 Å². The number of hydrogen-bond donors (Lipinski definition) is 1. The van der Waals surface area contributed by atoms with Gasteiger partial charge in [0.2, 0.25) is 0 Å². The van der Waals surface area contributed by atoms with Crippen molar-refractivity contribution < 1.29 is 4.74 Å². The molecule has 0 amide bonds. The standard InChI is InChI=1S/C28H23BrN6O.2ClH/c29-21-8-4-7-19(15-21)23-24(18-5-2-1-3-6-18)26(34-28-25(23)27(30)32-17-33-28)20-9-10-22(31-16-20)35-11-13-36-14-12-35;;/h1-10,15-17H,11-14H2,(H2,30,32,33,34);2*1H. The predicted octanol–water partition coefficient (Wildman–Crippen LogP) is 6.45. The molecule has 10 heteroatoms. The van der Waals surface area contributed by atoms with Crippen LogP contribution in [0.15, 0.2) is 83.7 Å². The maximum absolute atomic E-state index is 6.44. The summed E-state index contributed by atoms with van der Waals surface area (Å²) in [5.41, 5.74) is 12.6. The van der Waals surface area contributed by atoms with Crippen LogP contribution in [0.2, 0.25) is 0 Å². The van der Waals surface area contributed by atoms with Crippen molar-refractivity contribution in [1.82, 2.24) is 19.9 Å². The third-order valence-corrected chi connectivity index (χ3v) is 6.84. The van der Waals surface area contributed by atoms with E-state index in [1.807, 2.05) is 36.5 Å². The van der Waals surface area contributed by atoms with E-state index in [9.17, 15) is 0 Å². The number of anilines is 2. The molecule has 0 aliphatic carbocycles. The van der Waals surface area contributed by atoms with Crippen LogP contribution in [0.25, 0.3) is 44.5 Å². The van der Waals surface area contributed by atoms with Crippen LogP contribution in [0.5, 0.6) is 0 Å². The number of rotatable bonds is 4. The normalized spacial score (nSPS) is 13.0. The Hall–Kier alpha value is -3.30. The maximum atomic E-state index is 6.44. The molecule has 1 fully saturated rings. The Balaban J connectivity index is 0.00000168. The van der Waals surface area contributed by atoms with E-state index in [1.54, 1.807) is 0 Å². The lowest BCUT2D eigenvalue weighted by atomic mass is 9.89. The van der Waals surface area contributed by atoms with Crippen LogP contribution in [0.3, 0.4) is 0 Å². The molecular formula is C28H25BrCl2N6O. The Morgan fingerprint density at radius 3 is 2.26 bits per heavy atom. The van der Waals surface area contributed by atoms with Crippen LogP contribution in [0.4, 0.5) is 11.6 Å². The summed E-state index contributed by atoms with van der Waals surface area (Å²) < 4.78 is 6.46. The number of nitrogen functional groups attached to an aromatic ring is 1. The average Bonchev–Trinajstić information content (AvgIpc) is 2.93. The van der Waals surface area contributed by atoms with Gasteiger partial charge in [-0.25, -0.2) is 19.9 Å². The topological polar surface area (TPSA) is 90.0 Å². The second kappa shape index (κ2) is 12.0. The van der Waals surface area contributed by atoms with Crippen LogP contribution >= 0.6 is 40.7 Å². The molecule has 1 aliphatic heterocycles. The highest BCUT2D eigenvalue weighted by molar-refractivity contribution is 9.10. The Morgan fingerprint density at radius 1 is 0.789 bits per heavy atom. The quantitative estimate of drug-likeness (QED) is 0.250. The molecule has 0 bridgehead atoms. The molecule has 7 nitrogen and oxygen atoms in total. The minimum Gasteiger partial charge on any atom is -0.383 e. The summed E-state index contributed by atoms with van der Waals surface area (Å²) in [6.07, 6.45) is 3.35. The SMILES string of the molecule is Cl.Cl.Nc1ncnc2nc(-c3ccc(N4CCOCC4)nc3)c(-c3ccccc3)c(-c3cccc(Br)c3)c12. The number of nitrogens with zero attached hydrogens (tertiary/aromatic N) is 5. The Bertz CT molecular complexity index is 1550. The van der Waals surface area contributed by atoms with Gasteiger partial charge in [0.1, 0.15) is 18.0 Å². The average molecular weight is 612 g/mol. The largest absolute Gasteiger partial charge is 0.383 e. The zero-order valence-electron chi connectivity index (χ0n) is 20.3. The number of morpholine rings is 1. The molecule has 4 heterocycles. The van der Waals surface area contributed by atoms with E-state index >= 15 is 0 Å². The van der Waals surface area contributed by atoms with Crippen molar-refractivity contribution in [2.75, 3.05) is 36.9 Å². The van der Waals surface area contributed by atoms with Crippen LogP contribution in [-0.2, 0) is 4.74 Å². The van der Waals surface area contributed by atoms with Crippen LogP contribution in [0, 0.1) is 0 Å². The summed E-state index contributed by atoms with van der Waals surface area (Å²) in [5, 5.41) is 0.732. The van der Waals surface area contributed by atoms with Crippen molar-refractivity contribution in [3.63, 3.8) is 0 Å². The monoisotopic (exact) mass is 610 g/mol. The lowest BCUT2D eigenvalue weighted by molar-refractivity contribution is 0.122. The number of benzene rings is 2. The molecule has 194 valence electrons. The van der Waals surface area contributed by atoms with Gasteiger partial charge < -0.3 is 15.4 Å². The fourth-order valence-corrected chi connectivity index (χ4v) is 5.05. The van der Waals surface area contributed by atoms with Gasteiger partial charge >= 0.3 is 0 Å². The highest BCUT2D eigenvalue weighted by atomic mass is 79.9. The van der Waals surface area contributed by atoms with Gasteiger partial charge in [-0.05, 0) is 35.4 Å². The summed E-state index contributed by atoms with van der Waals surface area (Å²) in [7, 11) is 0. The smallest absolute Gasteiger partial charge is 0.165 e. The third-order valence-electron chi connectivity index (χ3n) is 6.34. The van der Waals surface area contributed by atoms with Crippen LogP contribution in [0.1, 0.15) is 0 Å². The molecule has 2 N–H and O–H groups in total. The molecule has 1 aliphatic rings. The summed E-state index contributed by atoms with van der Waals surface area (Å²) in [6, 6.07) is 22.5. The van der Waals surface area contributed by atoms with Crippen molar-refractivity contribution in [1.29, 1.82) is 0 Å². The highest BCUT2D eigenvalue weighted by Gasteiger charge is 2.23. The number of hydrogen-bond acceptors (Lipinski definition) is 7. The summed E-state index contributed by atoms with van der Waals surface area (Å²) in [5.74, 6) is 1.33. The van der Waals surface area contributed by atoms with Crippen molar-refractivity contribution in [2.45, 2.75) is 0 Å². The maximum Gasteiger partial charge on any atom is 0.165 e. The number of pyridine rings is 2. The first-order chi connectivity index (χ1) is 17.7. The van der Waals surface area contributed by atoms with Gasteiger partial charge in [-0.1, -0.05) is 58.4 Å². The third kappa shape index (κ3) is 5.31. The number of fused-ring (bicyclic) bond motifs is 1. The fraction of sp³-hybridized carbons (Fsp3) is 0.143. The van der Waals surface area contributed by atoms with Crippen molar-refractivity contribution >= 4 is 63.4 Å². The number of halogens is 3. The van der Waals surface area contributed by atoms with Gasteiger partial charge in [0, 0.05) is 40.4 Å². The van der Waals surface area contributed by atoms with Gasteiger partial charge in [0.25, 0.3) is 0 Å². The zero-order chi connectivity index (χ0) is 24.5. The second-order valence-corrected chi connectivity index (χ2v) is 9.46. The number of aromatic nitrogens is 4. The lowest BCUT2D eigenvalue weighted by Gasteiger charge is -2.27. The molecule has 0 saturated carbocycles. The van der Waals surface area contributed by atoms with Gasteiger partial charge in [-0.15, -0.1) is 24.8 Å². The summed E-state index contributed by atoms with van der Waals surface area (Å²) in [4.78, 5) is 20.9. The molecule has 0 radical (unpaired) electrons. The van der Waals surface area contributed by atoms with Crippen LogP contribution in [-0.4, -0.2) is 46.2 Å². The van der Waals surface area contributed by atoms with Gasteiger partial charge in [-0.3, -0.25) is 0 Å². The first-order valence-electron chi connectivity index (χ1n) is 11.7. The van der Waals surface area contributed by atoms with E-state index in [0.717, 1.165) is 62.3 Å².